The van der Waals surface area contributed by atoms with Gasteiger partial charge in [0.15, 0.2) is 0 Å². The molecule has 8 heteroatoms. The van der Waals surface area contributed by atoms with Crippen LogP contribution >= 0.6 is 0 Å². The summed E-state index contributed by atoms with van der Waals surface area (Å²) in [7, 11) is -7.12. The standard InChI is InChI=1S/C26H42O4Si4/c1-31(2,3)21-17-13-15-19(23(21)33(7,8)9)25(27)29-30-26(28)20-16-14-18-22(32(4,5)6)24(20)34(10,11)12/h13-18H,1-12H3. The number of carbonyl (C=O) groups excluding carboxylic acids is 2. The van der Waals surface area contributed by atoms with E-state index in [4.69, 9.17) is 9.78 Å². The molecule has 0 saturated carbocycles. The first-order chi connectivity index (χ1) is 15.3. The smallest absolute Gasteiger partial charge is 0.242 e. The van der Waals surface area contributed by atoms with Gasteiger partial charge in [-0.05, 0) is 22.5 Å². The number of carbonyl (C=O) groups is 2. The van der Waals surface area contributed by atoms with E-state index >= 15 is 0 Å². The van der Waals surface area contributed by atoms with Crippen molar-refractivity contribution in [2.75, 3.05) is 0 Å². The molecule has 2 rings (SSSR count). The van der Waals surface area contributed by atoms with Crippen LogP contribution in [0.4, 0.5) is 0 Å². The van der Waals surface area contributed by atoms with E-state index in [0.717, 1.165) is 10.4 Å². The first kappa shape index (κ1) is 28.5. The monoisotopic (exact) mass is 530 g/mol. The molecule has 0 aliphatic heterocycles. The van der Waals surface area contributed by atoms with E-state index in [1.807, 2.05) is 12.1 Å². The summed E-state index contributed by atoms with van der Waals surface area (Å²) in [5, 5.41) is 4.77. The Labute approximate surface area is 210 Å². The molecule has 0 aromatic heterocycles. The molecule has 4 nitrogen and oxygen atoms in total. The van der Waals surface area contributed by atoms with Crippen molar-refractivity contribution < 1.29 is 19.4 Å². The minimum Gasteiger partial charge on any atom is -0.242 e. The fourth-order valence-electron chi connectivity index (χ4n) is 4.48. The van der Waals surface area contributed by atoms with E-state index in [2.05, 4.69) is 90.7 Å². The predicted octanol–water partition coefficient (Wildman–Crippen LogP) is 4.80. The molecule has 0 heterocycles. The quantitative estimate of drug-likeness (QED) is 0.306. The van der Waals surface area contributed by atoms with Gasteiger partial charge in [0.1, 0.15) is 0 Å². The zero-order valence-electron chi connectivity index (χ0n) is 23.1. The Kier molecular flexibility index (Phi) is 8.14. The van der Waals surface area contributed by atoms with Crippen molar-refractivity contribution in [3.63, 3.8) is 0 Å². The van der Waals surface area contributed by atoms with Crippen LogP contribution in [0.5, 0.6) is 0 Å². The van der Waals surface area contributed by atoms with E-state index in [-0.39, 0.29) is 0 Å². The zero-order chi connectivity index (χ0) is 26.3. The van der Waals surface area contributed by atoms with Crippen molar-refractivity contribution in [1.29, 1.82) is 0 Å². The van der Waals surface area contributed by atoms with Crippen LogP contribution in [0.15, 0.2) is 36.4 Å². The van der Waals surface area contributed by atoms with Gasteiger partial charge in [0.05, 0.1) is 43.4 Å². The van der Waals surface area contributed by atoms with Crippen molar-refractivity contribution >= 4 is 65.0 Å². The van der Waals surface area contributed by atoms with E-state index in [9.17, 15) is 9.59 Å². The van der Waals surface area contributed by atoms with Gasteiger partial charge in [0, 0.05) is 0 Å². The normalized spacial score (nSPS) is 12.9. The van der Waals surface area contributed by atoms with Crippen molar-refractivity contribution in [2.45, 2.75) is 78.6 Å². The number of rotatable bonds is 6. The molecule has 0 spiro atoms. The third kappa shape index (κ3) is 6.47. The van der Waals surface area contributed by atoms with Crippen LogP contribution in [0.25, 0.3) is 0 Å². The van der Waals surface area contributed by atoms with Crippen LogP contribution in [0.2, 0.25) is 78.6 Å². The minimum atomic E-state index is -1.87. The third-order valence-electron chi connectivity index (χ3n) is 5.88. The summed E-state index contributed by atoms with van der Waals surface area (Å²) < 4.78 is 0. The molecule has 186 valence electrons. The summed E-state index contributed by atoms with van der Waals surface area (Å²) in [4.78, 5) is 36.8. The van der Waals surface area contributed by atoms with Gasteiger partial charge < -0.3 is 0 Å². The Hall–Kier alpha value is -1.75. The van der Waals surface area contributed by atoms with Gasteiger partial charge >= 0.3 is 11.9 Å². The lowest BCUT2D eigenvalue weighted by Gasteiger charge is -2.30. The second-order valence-corrected chi connectivity index (χ2v) is 33.3. The maximum absolute atomic E-state index is 13.2. The van der Waals surface area contributed by atoms with Crippen LogP contribution in [0.1, 0.15) is 20.7 Å². The molecule has 0 radical (unpaired) electrons. The van der Waals surface area contributed by atoms with Crippen LogP contribution in [0.3, 0.4) is 0 Å². The van der Waals surface area contributed by atoms with Crippen molar-refractivity contribution in [3.8, 4) is 0 Å². The van der Waals surface area contributed by atoms with Crippen molar-refractivity contribution in [2.24, 2.45) is 0 Å². The molecule has 0 aliphatic carbocycles. The largest absolute Gasteiger partial charge is 0.386 e. The Morgan fingerprint density at radius 1 is 0.500 bits per heavy atom. The van der Waals surface area contributed by atoms with E-state index in [1.54, 1.807) is 12.1 Å². The molecule has 2 aromatic carbocycles. The van der Waals surface area contributed by atoms with Crippen LogP contribution in [-0.2, 0) is 9.78 Å². The van der Waals surface area contributed by atoms with Crippen molar-refractivity contribution in [3.05, 3.63) is 47.5 Å². The molecule has 0 saturated heterocycles. The first-order valence-corrected chi connectivity index (χ1v) is 26.0. The molecular formula is C26H42O4Si4. The maximum Gasteiger partial charge on any atom is 0.386 e. The highest BCUT2D eigenvalue weighted by Gasteiger charge is 2.34. The molecule has 2 aromatic rings. The molecular weight excluding hydrogens is 489 g/mol. The topological polar surface area (TPSA) is 52.6 Å². The molecule has 34 heavy (non-hydrogen) atoms. The predicted molar refractivity (Wildman–Crippen MR) is 156 cm³/mol. The van der Waals surface area contributed by atoms with Gasteiger partial charge in [-0.25, -0.2) is 19.4 Å². The highest BCUT2D eigenvalue weighted by Crippen LogP contribution is 2.15. The second kappa shape index (κ2) is 9.71. The lowest BCUT2D eigenvalue weighted by atomic mass is 10.2. The number of benzene rings is 2. The van der Waals surface area contributed by atoms with E-state index < -0.39 is 44.2 Å². The summed E-state index contributed by atoms with van der Waals surface area (Å²) in [5.41, 5.74) is 1.04. The average molecular weight is 531 g/mol. The SMILES string of the molecule is C[Si](C)(C)c1cccc(C(=O)OOC(=O)c2cccc([Si](C)(C)C)c2[Si](C)(C)C)c1[Si](C)(C)C. The Bertz CT molecular complexity index is 994. The highest BCUT2D eigenvalue weighted by atomic mass is 28.3. The molecule has 0 atom stereocenters. The number of hydrogen-bond donors (Lipinski definition) is 0. The summed E-state index contributed by atoms with van der Waals surface area (Å²) >= 11 is 0. The Morgan fingerprint density at radius 2 is 0.794 bits per heavy atom. The summed E-state index contributed by atoms with van der Waals surface area (Å²) in [5.74, 6) is -1.19. The fourth-order valence-corrected chi connectivity index (χ4v) is 15.7. The Morgan fingerprint density at radius 3 is 1.03 bits per heavy atom. The lowest BCUT2D eigenvalue weighted by molar-refractivity contribution is -0.187. The highest BCUT2D eigenvalue weighted by molar-refractivity contribution is 6.99. The Balaban J connectivity index is 2.44. The second-order valence-electron chi connectivity index (χ2n) is 13.2. The molecule has 0 aliphatic rings. The lowest BCUT2D eigenvalue weighted by Crippen LogP contribution is -2.58. The van der Waals surface area contributed by atoms with E-state index in [0.29, 0.717) is 11.1 Å². The third-order valence-corrected chi connectivity index (χ3v) is 14.5. The van der Waals surface area contributed by atoms with Crippen LogP contribution in [-0.4, -0.2) is 44.2 Å². The summed E-state index contributed by atoms with van der Waals surface area (Å²) in [6, 6.07) is 11.7. The molecule has 0 amide bonds. The van der Waals surface area contributed by atoms with Crippen LogP contribution < -0.4 is 20.7 Å². The zero-order valence-corrected chi connectivity index (χ0v) is 27.1. The summed E-state index contributed by atoms with van der Waals surface area (Å²) in [6.45, 7) is 27.1. The van der Waals surface area contributed by atoms with Gasteiger partial charge in [-0.15, -0.1) is 0 Å². The first-order valence-electron chi connectivity index (χ1n) is 12.0. The minimum absolute atomic E-state index is 0.521. The molecule has 0 N–H and O–H groups in total. The molecule has 0 bridgehead atoms. The maximum atomic E-state index is 13.2. The molecule has 0 unspecified atom stereocenters. The summed E-state index contributed by atoms with van der Waals surface area (Å²) in [6.07, 6.45) is 0. The van der Waals surface area contributed by atoms with Gasteiger partial charge in [-0.1, -0.05) is 113 Å². The van der Waals surface area contributed by atoms with Crippen LogP contribution in [0, 0.1) is 0 Å². The van der Waals surface area contributed by atoms with Gasteiger partial charge in [0.25, 0.3) is 0 Å². The number of hydrogen-bond acceptors (Lipinski definition) is 4. The van der Waals surface area contributed by atoms with Gasteiger partial charge in [0.2, 0.25) is 0 Å². The van der Waals surface area contributed by atoms with E-state index in [1.165, 1.54) is 10.4 Å². The van der Waals surface area contributed by atoms with Gasteiger partial charge in [-0.3, -0.25) is 0 Å². The fraction of sp³-hybridized carbons (Fsp3) is 0.462. The van der Waals surface area contributed by atoms with Gasteiger partial charge in [-0.2, -0.15) is 0 Å². The average Bonchev–Trinajstić information content (AvgIpc) is 2.68. The molecule has 0 fully saturated rings. The van der Waals surface area contributed by atoms with Crippen molar-refractivity contribution in [1.82, 2.24) is 0 Å².